The summed E-state index contributed by atoms with van der Waals surface area (Å²) >= 11 is 0. The highest BCUT2D eigenvalue weighted by Gasteiger charge is 2.25. The first-order valence-electron chi connectivity index (χ1n) is 27.7. The van der Waals surface area contributed by atoms with Crippen molar-refractivity contribution in [3.63, 3.8) is 0 Å². The number of hydrogen-bond acceptors (Lipinski definition) is 7. The fourth-order valence-corrected chi connectivity index (χ4v) is 7.84. The van der Waals surface area contributed by atoms with Gasteiger partial charge in [-0.15, -0.1) is 0 Å². The second-order valence-corrected chi connectivity index (χ2v) is 19.9. The number of rotatable bonds is 51. The maximum atomic E-state index is 12.8. The zero-order chi connectivity index (χ0) is 48.4. The van der Waals surface area contributed by atoms with E-state index in [9.17, 15) is 19.5 Å². The number of quaternary nitrogens is 1. The number of carboxylic acid groups (broad SMARTS) is 1. The fourth-order valence-electron chi connectivity index (χ4n) is 7.84. The van der Waals surface area contributed by atoms with Crippen LogP contribution in [0.15, 0.2) is 36.5 Å². The normalized spacial score (nSPS) is 13.0. The number of likely N-dealkylation sites (N-methyl/N-ethyl adjacent to an activating group) is 1. The number of hydrogen-bond donors (Lipinski definition) is 1. The molecule has 9 nitrogen and oxygen atoms in total. The Morgan fingerprint density at radius 2 is 0.818 bits per heavy atom. The summed E-state index contributed by atoms with van der Waals surface area (Å²) in [6, 6.07) is 0. The zero-order valence-corrected chi connectivity index (χ0v) is 43.9. The van der Waals surface area contributed by atoms with Crippen molar-refractivity contribution in [2.24, 2.45) is 0 Å². The van der Waals surface area contributed by atoms with Gasteiger partial charge in [-0.3, -0.25) is 9.59 Å². The molecule has 0 saturated heterocycles. The number of carbonyl (C=O) groups excluding carboxylic acids is 2. The minimum absolute atomic E-state index is 0.179. The number of nitrogens with zero attached hydrogens (tertiary/aromatic N) is 1. The average molecular weight is 933 g/mol. The number of unbranched alkanes of at least 4 members (excludes halogenated alkanes) is 30. The Labute approximate surface area is 407 Å². The van der Waals surface area contributed by atoms with Crippen molar-refractivity contribution in [3.8, 4) is 0 Å². The largest absolute Gasteiger partial charge is 0.477 e. The van der Waals surface area contributed by atoms with E-state index in [1.165, 1.54) is 173 Å². The number of carboxylic acids is 1. The Kier molecular flexibility index (Phi) is 47.1. The van der Waals surface area contributed by atoms with Crippen molar-refractivity contribution in [1.29, 1.82) is 0 Å². The quantitative estimate of drug-likeness (QED) is 0.0211. The molecule has 0 bridgehead atoms. The lowest BCUT2D eigenvalue weighted by Gasteiger charge is -2.25. The molecule has 0 aromatic carbocycles. The molecule has 1 N–H and O–H groups in total. The standard InChI is InChI=1S/C57H105NO8/c1-6-8-10-12-14-16-18-20-22-23-24-25-26-27-28-29-30-31-32-33-34-36-38-40-42-44-46-48-55(60)66-53(52-65-57(56(61)62)63-50-49-58(3,4)5)51-64-54(59)47-45-43-41-39-37-35-21-19-17-15-13-11-9-7-2/h18,20,23-24,26-27,53,57H,6-17,19,21-22,25,28-52H2,1-5H3/p+1/b20-18-,24-23-,27-26-. The number of esters is 2. The first-order chi connectivity index (χ1) is 32.1. The van der Waals surface area contributed by atoms with Gasteiger partial charge in [0.15, 0.2) is 6.10 Å². The topological polar surface area (TPSA) is 108 Å². The van der Waals surface area contributed by atoms with Gasteiger partial charge in [-0.1, -0.05) is 224 Å². The first kappa shape index (κ1) is 63.5. The van der Waals surface area contributed by atoms with Crippen molar-refractivity contribution < 1.29 is 42.9 Å². The molecular weight excluding hydrogens is 827 g/mol. The molecule has 0 saturated carbocycles. The fraction of sp³-hybridized carbons (Fsp3) is 0.842. The lowest BCUT2D eigenvalue weighted by atomic mass is 10.0. The van der Waals surface area contributed by atoms with E-state index in [-0.39, 0.29) is 32.2 Å². The van der Waals surface area contributed by atoms with Crippen LogP contribution in [0.4, 0.5) is 0 Å². The van der Waals surface area contributed by atoms with Crippen molar-refractivity contribution in [2.45, 2.75) is 264 Å². The highest BCUT2D eigenvalue weighted by molar-refractivity contribution is 5.71. The van der Waals surface area contributed by atoms with Gasteiger partial charge in [0, 0.05) is 12.8 Å². The Balaban J connectivity index is 4.21. The van der Waals surface area contributed by atoms with E-state index in [0.29, 0.717) is 17.4 Å². The van der Waals surface area contributed by atoms with E-state index < -0.39 is 24.3 Å². The summed E-state index contributed by atoms with van der Waals surface area (Å²) in [7, 11) is 5.97. The van der Waals surface area contributed by atoms with Crippen LogP contribution in [0.5, 0.6) is 0 Å². The third kappa shape index (κ3) is 49.4. The van der Waals surface area contributed by atoms with Gasteiger partial charge >= 0.3 is 17.9 Å². The molecule has 386 valence electrons. The maximum absolute atomic E-state index is 12.8. The van der Waals surface area contributed by atoms with Crippen LogP contribution in [0.3, 0.4) is 0 Å². The SMILES string of the molecule is CCCCCCC/C=C\C/C=C\C/C=C\CCCCCCCCCCCCCCC(=O)OC(COC(=O)CCCCCCCCCCCCCCCC)COC(OCC[N+](C)(C)C)C(=O)O. The molecule has 0 fully saturated rings. The molecule has 0 amide bonds. The summed E-state index contributed by atoms with van der Waals surface area (Å²) in [6.45, 7) is 4.89. The molecule has 0 aliphatic carbocycles. The van der Waals surface area contributed by atoms with Crippen molar-refractivity contribution in [2.75, 3.05) is 47.5 Å². The van der Waals surface area contributed by atoms with E-state index in [1.54, 1.807) is 0 Å². The molecule has 0 heterocycles. The Bertz CT molecular complexity index is 1180. The number of aliphatic carboxylic acids is 1. The van der Waals surface area contributed by atoms with Crippen LogP contribution < -0.4 is 0 Å². The molecule has 0 radical (unpaired) electrons. The molecule has 2 unspecified atom stereocenters. The van der Waals surface area contributed by atoms with Gasteiger partial charge in [0.05, 0.1) is 34.4 Å². The van der Waals surface area contributed by atoms with Crippen LogP contribution >= 0.6 is 0 Å². The molecule has 0 aromatic heterocycles. The van der Waals surface area contributed by atoms with Gasteiger partial charge in [0.25, 0.3) is 6.29 Å². The molecular formula is C57H106NO8+. The summed E-state index contributed by atoms with van der Waals surface area (Å²) in [5, 5.41) is 9.68. The third-order valence-electron chi connectivity index (χ3n) is 12.1. The predicted octanol–water partition coefficient (Wildman–Crippen LogP) is 15.7. The van der Waals surface area contributed by atoms with E-state index in [0.717, 1.165) is 51.4 Å². The lowest BCUT2D eigenvalue weighted by Crippen LogP contribution is -2.40. The summed E-state index contributed by atoms with van der Waals surface area (Å²) < 4.78 is 22.8. The second kappa shape index (κ2) is 48.9. The van der Waals surface area contributed by atoms with Gasteiger partial charge < -0.3 is 28.5 Å². The van der Waals surface area contributed by atoms with E-state index >= 15 is 0 Å². The summed E-state index contributed by atoms with van der Waals surface area (Å²) in [5.41, 5.74) is 0. The number of ether oxygens (including phenoxy) is 4. The van der Waals surface area contributed by atoms with E-state index in [2.05, 4.69) is 50.3 Å². The lowest BCUT2D eigenvalue weighted by molar-refractivity contribution is -0.870. The minimum atomic E-state index is -1.51. The minimum Gasteiger partial charge on any atom is -0.477 e. The number of allylic oxidation sites excluding steroid dienone is 6. The molecule has 0 aromatic rings. The van der Waals surface area contributed by atoms with Gasteiger partial charge in [-0.05, 0) is 51.4 Å². The van der Waals surface area contributed by atoms with Crippen molar-refractivity contribution in [1.82, 2.24) is 0 Å². The van der Waals surface area contributed by atoms with Crippen LogP contribution in [0.25, 0.3) is 0 Å². The van der Waals surface area contributed by atoms with Gasteiger partial charge in [0.1, 0.15) is 13.2 Å². The highest BCUT2D eigenvalue weighted by Crippen LogP contribution is 2.16. The van der Waals surface area contributed by atoms with Crippen LogP contribution in [-0.4, -0.2) is 87.4 Å². The first-order valence-corrected chi connectivity index (χ1v) is 27.7. The number of carbonyl (C=O) groups is 3. The molecule has 0 rings (SSSR count). The second-order valence-electron chi connectivity index (χ2n) is 19.9. The Hall–Kier alpha value is -2.49. The van der Waals surface area contributed by atoms with Crippen LogP contribution in [0.2, 0.25) is 0 Å². The smallest absolute Gasteiger partial charge is 0.361 e. The molecule has 66 heavy (non-hydrogen) atoms. The molecule has 0 aliphatic rings. The third-order valence-corrected chi connectivity index (χ3v) is 12.1. The summed E-state index contributed by atoms with van der Waals surface area (Å²) in [6.07, 6.45) is 55.0. The highest BCUT2D eigenvalue weighted by atomic mass is 16.7. The van der Waals surface area contributed by atoms with Gasteiger partial charge in [-0.2, -0.15) is 0 Å². The van der Waals surface area contributed by atoms with Crippen LogP contribution in [-0.2, 0) is 33.3 Å². The van der Waals surface area contributed by atoms with Gasteiger partial charge in [-0.25, -0.2) is 4.79 Å². The maximum Gasteiger partial charge on any atom is 0.361 e. The van der Waals surface area contributed by atoms with E-state index in [4.69, 9.17) is 18.9 Å². The van der Waals surface area contributed by atoms with Gasteiger partial charge in [0.2, 0.25) is 0 Å². The Morgan fingerprint density at radius 1 is 0.455 bits per heavy atom. The summed E-state index contributed by atoms with van der Waals surface area (Å²) in [4.78, 5) is 37.3. The van der Waals surface area contributed by atoms with Crippen molar-refractivity contribution >= 4 is 17.9 Å². The molecule has 0 aliphatic heterocycles. The van der Waals surface area contributed by atoms with Crippen molar-refractivity contribution in [3.05, 3.63) is 36.5 Å². The Morgan fingerprint density at radius 3 is 1.21 bits per heavy atom. The molecule has 0 spiro atoms. The predicted molar refractivity (Wildman–Crippen MR) is 277 cm³/mol. The molecule has 2 atom stereocenters. The average Bonchev–Trinajstić information content (AvgIpc) is 3.28. The zero-order valence-electron chi connectivity index (χ0n) is 43.9. The summed E-state index contributed by atoms with van der Waals surface area (Å²) in [5.74, 6) is -1.99. The molecule has 9 heteroatoms. The monoisotopic (exact) mass is 933 g/mol. The van der Waals surface area contributed by atoms with Crippen LogP contribution in [0, 0.1) is 0 Å². The van der Waals surface area contributed by atoms with E-state index in [1.807, 2.05) is 21.1 Å². The van der Waals surface area contributed by atoms with Crippen LogP contribution in [0.1, 0.15) is 251 Å².